The molecule has 126 valence electrons. The number of aliphatic carboxylic acids is 1. The highest BCUT2D eigenvalue weighted by atomic mass is 16.5. The summed E-state index contributed by atoms with van der Waals surface area (Å²) in [5.74, 6) is -1.31. The maximum Gasteiger partial charge on any atom is 0.329 e. The fourth-order valence-electron chi connectivity index (χ4n) is 2.31. The molecule has 2 rings (SSSR count). The van der Waals surface area contributed by atoms with Gasteiger partial charge in [-0.2, -0.15) is 0 Å². The molecule has 1 aromatic carbocycles. The van der Waals surface area contributed by atoms with Crippen molar-refractivity contribution in [1.29, 1.82) is 0 Å². The molecule has 23 heavy (non-hydrogen) atoms. The molecule has 0 saturated carbocycles. The van der Waals surface area contributed by atoms with Crippen molar-refractivity contribution in [3.05, 3.63) is 35.9 Å². The Morgan fingerprint density at radius 3 is 2.78 bits per heavy atom. The van der Waals surface area contributed by atoms with Gasteiger partial charge >= 0.3 is 5.97 Å². The standard InChI is InChI=1S/C16H21NO6/c18-15(10-22-8-12-4-2-1-3-5-12)17-13-9-21-7-6-14(13)23-11-16(19)20/h1-5,13-14H,6-11H2,(H,17,18)(H,19,20)/t13-,14+/m1/s1. The van der Waals surface area contributed by atoms with Crippen LogP contribution in [0, 0.1) is 0 Å². The van der Waals surface area contributed by atoms with Gasteiger partial charge in [-0.15, -0.1) is 0 Å². The molecule has 1 saturated heterocycles. The number of carbonyl (C=O) groups excluding carboxylic acids is 1. The first-order valence-electron chi connectivity index (χ1n) is 7.47. The SMILES string of the molecule is O=C(O)CO[C@H]1CCOC[C@H]1NC(=O)COCc1ccccc1. The van der Waals surface area contributed by atoms with Gasteiger partial charge in [-0.3, -0.25) is 4.79 Å². The van der Waals surface area contributed by atoms with E-state index in [1.54, 1.807) is 0 Å². The van der Waals surface area contributed by atoms with Crippen LogP contribution in [0.25, 0.3) is 0 Å². The molecule has 1 heterocycles. The molecule has 7 nitrogen and oxygen atoms in total. The lowest BCUT2D eigenvalue weighted by atomic mass is 10.1. The summed E-state index contributed by atoms with van der Waals surface area (Å²) in [5.41, 5.74) is 0.990. The third-order valence-electron chi connectivity index (χ3n) is 3.40. The Balaban J connectivity index is 1.72. The molecule has 0 unspecified atom stereocenters. The normalized spacial score (nSPS) is 20.9. The summed E-state index contributed by atoms with van der Waals surface area (Å²) >= 11 is 0. The van der Waals surface area contributed by atoms with Crippen LogP contribution in [0.3, 0.4) is 0 Å². The lowest BCUT2D eigenvalue weighted by Gasteiger charge is -2.31. The fraction of sp³-hybridized carbons (Fsp3) is 0.500. The topological polar surface area (TPSA) is 94.1 Å². The zero-order valence-electron chi connectivity index (χ0n) is 12.8. The fourth-order valence-corrected chi connectivity index (χ4v) is 2.31. The summed E-state index contributed by atoms with van der Waals surface area (Å²) in [6.07, 6.45) is 0.182. The Hall–Kier alpha value is -1.96. The highest BCUT2D eigenvalue weighted by molar-refractivity contribution is 5.77. The van der Waals surface area contributed by atoms with Crippen LogP contribution in [-0.4, -0.2) is 55.6 Å². The van der Waals surface area contributed by atoms with Gasteiger partial charge in [0.15, 0.2) is 0 Å². The van der Waals surface area contributed by atoms with Crippen LogP contribution >= 0.6 is 0 Å². The second-order valence-corrected chi connectivity index (χ2v) is 5.26. The molecular formula is C16H21NO6. The van der Waals surface area contributed by atoms with E-state index in [1.165, 1.54) is 0 Å². The van der Waals surface area contributed by atoms with Crippen molar-refractivity contribution in [3.8, 4) is 0 Å². The van der Waals surface area contributed by atoms with E-state index in [9.17, 15) is 9.59 Å². The van der Waals surface area contributed by atoms with E-state index < -0.39 is 5.97 Å². The Bertz CT molecular complexity index is 507. The summed E-state index contributed by atoms with van der Waals surface area (Å²) < 4.78 is 16.0. The molecule has 2 N–H and O–H groups in total. The van der Waals surface area contributed by atoms with Crippen LogP contribution in [0.1, 0.15) is 12.0 Å². The Labute approximate surface area is 134 Å². The number of carboxylic acids is 1. The second-order valence-electron chi connectivity index (χ2n) is 5.26. The van der Waals surface area contributed by atoms with Crippen LogP contribution < -0.4 is 5.32 Å². The first-order valence-corrected chi connectivity index (χ1v) is 7.47. The average molecular weight is 323 g/mol. The largest absolute Gasteiger partial charge is 0.480 e. The molecule has 1 fully saturated rings. The number of ether oxygens (including phenoxy) is 3. The predicted molar refractivity (Wildman–Crippen MR) is 80.8 cm³/mol. The van der Waals surface area contributed by atoms with E-state index in [1.807, 2.05) is 30.3 Å². The molecule has 1 aromatic rings. The van der Waals surface area contributed by atoms with Gasteiger partial charge in [0, 0.05) is 6.61 Å². The summed E-state index contributed by atoms with van der Waals surface area (Å²) in [6.45, 7) is 0.683. The van der Waals surface area contributed by atoms with Gasteiger partial charge < -0.3 is 24.6 Å². The average Bonchev–Trinajstić information content (AvgIpc) is 2.55. The molecule has 0 aliphatic carbocycles. The minimum absolute atomic E-state index is 0.0724. The molecule has 1 aliphatic rings. The Morgan fingerprint density at radius 1 is 1.26 bits per heavy atom. The number of carbonyl (C=O) groups is 2. The molecule has 0 radical (unpaired) electrons. The maximum atomic E-state index is 11.9. The van der Waals surface area contributed by atoms with E-state index >= 15 is 0 Å². The summed E-state index contributed by atoms with van der Waals surface area (Å²) in [7, 11) is 0. The molecule has 7 heteroatoms. The first kappa shape index (κ1) is 17.4. The van der Waals surface area contributed by atoms with Crippen LogP contribution in [0.15, 0.2) is 30.3 Å². The summed E-state index contributed by atoms with van der Waals surface area (Å²) in [5, 5.41) is 11.4. The predicted octanol–water partition coefficient (Wildman–Crippen LogP) is 0.578. The minimum Gasteiger partial charge on any atom is -0.480 e. The monoisotopic (exact) mass is 323 g/mol. The highest BCUT2D eigenvalue weighted by Gasteiger charge is 2.28. The number of carboxylic acid groups (broad SMARTS) is 1. The molecule has 0 spiro atoms. The van der Waals surface area contributed by atoms with Crippen LogP contribution in [0.2, 0.25) is 0 Å². The number of benzene rings is 1. The molecule has 0 aromatic heterocycles. The van der Waals surface area contributed by atoms with Crippen LogP contribution in [0.4, 0.5) is 0 Å². The van der Waals surface area contributed by atoms with Crippen LogP contribution in [0.5, 0.6) is 0 Å². The smallest absolute Gasteiger partial charge is 0.329 e. The van der Waals surface area contributed by atoms with Crippen molar-refractivity contribution < 1.29 is 28.9 Å². The van der Waals surface area contributed by atoms with Gasteiger partial charge in [-0.1, -0.05) is 30.3 Å². The number of amides is 1. The van der Waals surface area contributed by atoms with Gasteiger partial charge in [0.2, 0.25) is 5.91 Å². The van der Waals surface area contributed by atoms with E-state index in [0.29, 0.717) is 26.2 Å². The van der Waals surface area contributed by atoms with E-state index in [4.69, 9.17) is 19.3 Å². The van der Waals surface area contributed by atoms with Gasteiger partial charge in [0.1, 0.15) is 13.2 Å². The molecule has 2 atom stereocenters. The molecule has 1 amide bonds. The van der Waals surface area contributed by atoms with Gasteiger partial charge in [-0.25, -0.2) is 4.79 Å². The van der Waals surface area contributed by atoms with E-state index in [0.717, 1.165) is 5.56 Å². The molecular weight excluding hydrogens is 302 g/mol. The maximum absolute atomic E-state index is 11.9. The number of rotatable bonds is 8. The summed E-state index contributed by atoms with van der Waals surface area (Å²) in [4.78, 5) is 22.5. The van der Waals surface area contributed by atoms with Crippen LogP contribution in [-0.2, 0) is 30.4 Å². The van der Waals surface area contributed by atoms with Gasteiger partial charge in [0.05, 0.1) is 25.4 Å². The Kier molecular flexibility index (Phi) is 6.99. The second kappa shape index (κ2) is 9.24. The third-order valence-corrected chi connectivity index (χ3v) is 3.40. The first-order chi connectivity index (χ1) is 11.1. The number of hydrogen-bond acceptors (Lipinski definition) is 5. The quantitative estimate of drug-likeness (QED) is 0.727. The van der Waals surface area contributed by atoms with Crippen molar-refractivity contribution >= 4 is 11.9 Å². The molecule has 1 aliphatic heterocycles. The van der Waals surface area contributed by atoms with Crippen molar-refractivity contribution in [2.45, 2.75) is 25.2 Å². The van der Waals surface area contributed by atoms with Gasteiger partial charge in [-0.05, 0) is 12.0 Å². The van der Waals surface area contributed by atoms with Crippen molar-refractivity contribution in [3.63, 3.8) is 0 Å². The number of hydrogen-bond donors (Lipinski definition) is 2. The van der Waals surface area contributed by atoms with Crippen molar-refractivity contribution in [2.75, 3.05) is 26.4 Å². The number of nitrogens with one attached hydrogen (secondary N) is 1. The lowest BCUT2D eigenvalue weighted by molar-refractivity contribution is -0.148. The van der Waals surface area contributed by atoms with E-state index in [2.05, 4.69) is 5.32 Å². The van der Waals surface area contributed by atoms with Crippen molar-refractivity contribution in [2.24, 2.45) is 0 Å². The molecule has 0 bridgehead atoms. The minimum atomic E-state index is -1.03. The Morgan fingerprint density at radius 2 is 2.04 bits per heavy atom. The van der Waals surface area contributed by atoms with Crippen molar-refractivity contribution in [1.82, 2.24) is 5.32 Å². The van der Waals surface area contributed by atoms with Gasteiger partial charge in [0.25, 0.3) is 0 Å². The highest BCUT2D eigenvalue weighted by Crippen LogP contribution is 2.12. The third kappa shape index (κ3) is 6.35. The summed E-state index contributed by atoms with van der Waals surface area (Å²) in [6, 6.07) is 9.20. The zero-order chi connectivity index (χ0) is 16.5. The lowest BCUT2D eigenvalue weighted by Crippen LogP contribution is -2.51. The van der Waals surface area contributed by atoms with E-state index in [-0.39, 0.29) is 31.3 Å². The zero-order valence-corrected chi connectivity index (χ0v) is 12.8.